The fraction of sp³-hybridized carbons (Fsp3) is 0.238. The molecule has 1 aromatic heterocycles. The highest BCUT2D eigenvalue weighted by Gasteiger charge is 2.37. The van der Waals surface area contributed by atoms with Gasteiger partial charge >= 0.3 is 23.5 Å². The Hall–Kier alpha value is -3.08. The van der Waals surface area contributed by atoms with Crippen LogP contribution in [-0.2, 0) is 4.74 Å². The molecule has 3 rings (SSSR count). The average molecular weight is 352 g/mol. The zero-order chi connectivity index (χ0) is 18.8. The summed E-state index contributed by atoms with van der Waals surface area (Å²) < 4.78 is 12.4. The van der Waals surface area contributed by atoms with Crippen LogP contribution in [0.1, 0.15) is 34.2 Å². The van der Waals surface area contributed by atoms with Crippen LogP contribution in [0.4, 0.5) is 0 Å². The molecular formula is C21H22NO4+. The molecule has 0 aliphatic heterocycles. The minimum atomic E-state index is -0.691. The maximum absolute atomic E-state index is 12.2. The Morgan fingerprint density at radius 1 is 1.12 bits per heavy atom. The molecule has 1 N–H and O–H groups in total. The van der Waals surface area contributed by atoms with E-state index in [1.54, 1.807) is 6.92 Å². The van der Waals surface area contributed by atoms with Gasteiger partial charge < -0.3 is 14.3 Å². The topological polar surface area (TPSA) is 63.5 Å². The predicted molar refractivity (Wildman–Crippen MR) is 97.5 cm³/mol. The number of hydrogen-bond donors (Lipinski definition) is 1. The number of aromatic hydroxyl groups is 1. The molecule has 0 bridgehead atoms. The second-order valence-corrected chi connectivity index (χ2v) is 6.23. The summed E-state index contributed by atoms with van der Waals surface area (Å²) in [7, 11) is 0. The van der Waals surface area contributed by atoms with Gasteiger partial charge in [-0.1, -0.05) is 40.5 Å². The molecule has 0 amide bonds. The van der Waals surface area contributed by atoms with E-state index in [2.05, 4.69) is 0 Å². The van der Waals surface area contributed by atoms with Crippen molar-refractivity contribution in [3.8, 4) is 23.0 Å². The first-order valence-corrected chi connectivity index (χ1v) is 8.52. The van der Waals surface area contributed by atoms with Crippen molar-refractivity contribution in [2.24, 2.45) is 0 Å². The molecule has 0 radical (unpaired) electrons. The van der Waals surface area contributed by atoms with Crippen molar-refractivity contribution in [1.82, 2.24) is 0 Å². The fourth-order valence-electron chi connectivity index (χ4n) is 3.21. The van der Waals surface area contributed by atoms with Crippen molar-refractivity contribution in [2.75, 3.05) is 6.61 Å². The predicted octanol–water partition coefficient (Wildman–Crippen LogP) is 4.03. The summed E-state index contributed by atoms with van der Waals surface area (Å²) in [6.07, 6.45) is 0. The number of carbonyl (C=O) groups excluding carboxylic acids is 1. The van der Waals surface area contributed by atoms with Crippen molar-refractivity contribution in [3.63, 3.8) is 0 Å². The zero-order valence-electron chi connectivity index (χ0n) is 15.4. The van der Waals surface area contributed by atoms with E-state index in [1.165, 1.54) is 4.57 Å². The third kappa shape index (κ3) is 3.08. The normalized spacial score (nSPS) is 10.8. The Balaban J connectivity index is 2.31. The van der Waals surface area contributed by atoms with Crippen molar-refractivity contribution < 1.29 is 23.6 Å². The molecule has 1 heterocycles. The van der Waals surface area contributed by atoms with Crippen LogP contribution in [0.2, 0.25) is 0 Å². The van der Waals surface area contributed by atoms with Gasteiger partial charge in [0.05, 0.1) is 12.2 Å². The molecule has 0 aliphatic carbocycles. The van der Waals surface area contributed by atoms with Crippen molar-refractivity contribution in [3.05, 3.63) is 64.9 Å². The number of rotatable bonds is 4. The van der Waals surface area contributed by atoms with Gasteiger partial charge in [-0.25, -0.2) is 4.79 Å². The Morgan fingerprint density at radius 2 is 1.73 bits per heavy atom. The first kappa shape index (κ1) is 17.7. The van der Waals surface area contributed by atoms with E-state index in [0.717, 1.165) is 22.3 Å². The minimum absolute atomic E-state index is 0.197. The maximum atomic E-state index is 12.2. The molecule has 26 heavy (non-hydrogen) atoms. The van der Waals surface area contributed by atoms with Crippen LogP contribution in [0, 0.1) is 20.8 Å². The lowest BCUT2D eigenvalue weighted by Crippen LogP contribution is -2.31. The molecule has 0 spiro atoms. The number of aromatic nitrogens is 1. The van der Waals surface area contributed by atoms with Crippen molar-refractivity contribution in [1.29, 1.82) is 0 Å². The van der Waals surface area contributed by atoms with Gasteiger partial charge in [0.15, 0.2) is 0 Å². The number of benzene rings is 2. The van der Waals surface area contributed by atoms with Crippen LogP contribution in [0.25, 0.3) is 17.1 Å². The van der Waals surface area contributed by atoms with Gasteiger partial charge in [0.1, 0.15) is 0 Å². The number of para-hydroxylation sites is 1. The Morgan fingerprint density at radius 3 is 2.31 bits per heavy atom. The molecule has 2 aromatic carbocycles. The smallest absolute Gasteiger partial charge is 0.426 e. The quantitative estimate of drug-likeness (QED) is 0.569. The molecule has 5 nitrogen and oxygen atoms in total. The van der Waals surface area contributed by atoms with E-state index in [-0.39, 0.29) is 18.2 Å². The van der Waals surface area contributed by atoms with E-state index >= 15 is 0 Å². The van der Waals surface area contributed by atoms with Crippen molar-refractivity contribution >= 4 is 5.97 Å². The number of hydrogen-bond acceptors (Lipinski definition) is 4. The van der Waals surface area contributed by atoms with Crippen molar-refractivity contribution in [2.45, 2.75) is 27.7 Å². The van der Waals surface area contributed by atoms with Crippen LogP contribution >= 0.6 is 0 Å². The number of esters is 1. The summed E-state index contributed by atoms with van der Waals surface area (Å²) in [6.45, 7) is 7.89. The van der Waals surface area contributed by atoms with Crippen LogP contribution in [0.3, 0.4) is 0 Å². The van der Waals surface area contributed by atoms with Gasteiger partial charge in [0.25, 0.3) is 0 Å². The molecule has 0 saturated heterocycles. The second-order valence-electron chi connectivity index (χ2n) is 6.23. The Bertz CT molecular complexity index is 935. The summed E-state index contributed by atoms with van der Waals surface area (Å²) >= 11 is 0. The molecular weight excluding hydrogens is 330 g/mol. The van der Waals surface area contributed by atoms with Crippen LogP contribution in [0.5, 0.6) is 5.88 Å². The lowest BCUT2D eigenvalue weighted by atomic mass is 9.99. The largest absolute Gasteiger partial charge is 0.460 e. The van der Waals surface area contributed by atoms with E-state index < -0.39 is 5.97 Å². The SMILES string of the molecule is CCOC(=O)c1oc(-c2c(C)cc(C)cc2C)[n+](-c2ccccc2)c1O. The zero-order valence-corrected chi connectivity index (χ0v) is 15.4. The monoisotopic (exact) mass is 352 g/mol. The van der Waals surface area contributed by atoms with E-state index in [0.29, 0.717) is 11.6 Å². The molecule has 0 aliphatic rings. The van der Waals surface area contributed by atoms with Gasteiger partial charge in [0, 0.05) is 12.1 Å². The number of nitrogens with zero attached hydrogens (tertiary/aromatic N) is 1. The highest BCUT2D eigenvalue weighted by molar-refractivity contribution is 5.88. The van der Waals surface area contributed by atoms with Gasteiger partial charge in [-0.3, -0.25) is 0 Å². The highest BCUT2D eigenvalue weighted by atomic mass is 16.5. The maximum Gasteiger partial charge on any atom is 0.426 e. The van der Waals surface area contributed by atoms with Gasteiger partial charge in [0.2, 0.25) is 5.69 Å². The van der Waals surface area contributed by atoms with Gasteiger partial charge in [-0.2, -0.15) is 0 Å². The number of oxazole rings is 1. The molecule has 0 unspecified atom stereocenters. The summed E-state index contributed by atoms with van der Waals surface area (Å²) in [6, 6.07) is 13.4. The molecule has 3 aromatic rings. The first-order chi connectivity index (χ1) is 12.4. The van der Waals surface area contributed by atoms with Crippen LogP contribution in [-0.4, -0.2) is 17.7 Å². The number of aryl methyl sites for hydroxylation is 3. The van der Waals surface area contributed by atoms with Crippen LogP contribution < -0.4 is 4.57 Å². The summed E-state index contributed by atoms with van der Waals surface area (Å²) in [4.78, 5) is 12.2. The first-order valence-electron chi connectivity index (χ1n) is 8.52. The van der Waals surface area contributed by atoms with E-state index in [1.807, 2.05) is 63.2 Å². The minimum Gasteiger partial charge on any atom is -0.460 e. The Labute approximate surface area is 152 Å². The summed E-state index contributed by atoms with van der Waals surface area (Å²) in [5.41, 5.74) is 4.66. The summed E-state index contributed by atoms with van der Waals surface area (Å²) in [5.74, 6) is -0.774. The molecule has 0 atom stereocenters. The molecule has 0 fully saturated rings. The number of carbonyl (C=O) groups is 1. The molecule has 0 saturated carbocycles. The fourth-order valence-corrected chi connectivity index (χ4v) is 3.21. The third-order valence-electron chi connectivity index (χ3n) is 4.18. The molecule has 134 valence electrons. The highest BCUT2D eigenvalue weighted by Crippen LogP contribution is 2.32. The second kappa shape index (κ2) is 7.04. The van der Waals surface area contributed by atoms with Gasteiger partial charge in [-0.05, 0) is 38.8 Å². The van der Waals surface area contributed by atoms with Crippen LogP contribution in [0.15, 0.2) is 46.9 Å². The summed E-state index contributed by atoms with van der Waals surface area (Å²) in [5, 5.41) is 10.7. The standard InChI is InChI=1S/C21H21NO4/c1-5-25-21(24)18-19(23)22(16-9-7-6-8-10-16)20(26-18)17-14(3)11-13(2)12-15(17)4/h6-12H,5H2,1-4H3/p+1. The van der Waals surface area contributed by atoms with E-state index in [4.69, 9.17) is 9.15 Å². The third-order valence-corrected chi connectivity index (χ3v) is 4.18. The lowest BCUT2D eigenvalue weighted by molar-refractivity contribution is -0.594. The number of ether oxygens (including phenoxy) is 1. The molecule has 5 heteroatoms. The Kier molecular flexibility index (Phi) is 4.80. The van der Waals surface area contributed by atoms with Gasteiger partial charge in [-0.15, -0.1) is 0 Å². The lowest BCUT2D eigenvalue weighted by Gasteiger charge is -2.06. The van der Waals surface area contributed by atoms with E-state index in [9.17, 15) is 9.90 Å². The average Bonchev–Trinajstić information content (AvgIpc) is 2.92.